The van der Waals surface area contributed by atoms with Crippen LogP contribution in [0.5, 0.6) is 0 Å². The van der Waals surface area contributed by atoms with Gasteiger partial charge in [0, 0.05) is 11.6 Å². The van der Waals surface area contributed by atoms with Gasteiger partial charge in [-0.2, -0.15) is 5.10 Å². The second kappa shape index (κ2) is 8.71. The predicted molar refractivity (Wildman–Crippen MR) is 116 cm³/mol. The smallest absolute Gasteiger partial charge is 0.335 e. The summed E-state index contributed by atoms with van der Waals surface area (Å²) < 4.78 is 5.77. The van der Waals surface area contributed by atoms with Gasteiger partial charge in [-0.05, 0) is 41.6 Å². The number of nitrogens with one attached hydrogen (secondary N) is 2. The maximum Gasteiger partial charge on any atom is 0.335 e. The fourth-order valence-electron chi connectivity index (χ4n) is 2.81. The molecular weight excluding hydrogens is 402 g/mol. The molecule has 0 aliphatic carbocycles. The number of carboxylic acid groups (broad SMARTS) is 1. The number of hydrogen-bond donors (Lipinski definition) is 3. The van der Waals surface area contributed by atoms with Crippen molar-refractivity contribution >= 4 is 35.1 Å². The van der Waals surface area contributed by atoms with Gasteiger partial charge in [-0.1, -0.05) is 42.5 Å². The molecule has 0 saturated carbocycles. The molecule has 2 heterocycles. The Bertz CT molecular complexity index is 1140. The Morgan fingerprint density at radius 3 is 2.77 bits per heavy atom. The molecule has 3 N–H and O–H groups in total. The number of carbonyl (C=O) groups excluding carboxylic acids is 1. The molecule has 150 valence electrons. The van der Waals surface area contributed by atoms with Crippen LogP contribution < -0.4 is 10.7 Å². The molecule has 8 heteroatoms. The molecule has 1 fully saturated rings. The van der Waals surface area contributed by atoms with Crippen molar-refractivity contribution in [3.05, 3.63) is 89.3 Å². The monoisotopic (exact) mass is 419 g/mol. The van der Waals surface area contributed by atoms with Crippen molar-refractivity contribution in [3.63, 3.8) is 0 Å². The van der Waals surface area contributed by atoms with Gasteiger partial charge in [0.2, 0.25) is 5.12 Å². The molecule has 3 aromatic rings. The highest BCUT2D eigenvalue weighted by Crippen LogP contribution is 2.27. The van der Waals surface area contributed by atoms with E-state index in [1.54, 1.807) is 36.6 Å². The zero-order valence-corrected chi connectivity index (χ0v) is 16.4. The highest BCUT2D eigenvalue weighted by Gasteiger charge is 2.27. The summed E-state index contributed by atoms with van der Waals surface area (Å²) in [6.45, 7) is 0. The Morgan fingerprint density at radius 1 is 1.13 bits per heavy atom. The minimum atomic E-state index is -1.00. The fraction of sp³-hybridized carbons (Fsp3) is 0.0455. The average molecular weight is 419 g/mol. The van der Waals surface area contributed by atoms with Crippen LogP contribution in [0.2, 0.25) is 0 Å². The van der Waals surface area contributed by atoms with Crippen molar-refractivity contribution in [2.75, 3.05) is 0 Å². The number of hydrogen-bond acceptors (Lipinski definition) is 7. The van der Waals surface area contributed by atoms with E-state index in [4.69, 9.17) is 9.52 Å². The number of rotatable bonds is 6. The second-order valence-corrected chi connectivity index (χ2v) is 7.45. The molecular formula is C22H17N3O4S. The molecule has 0 bridgehead atoms. The van der Waals surface area contributed by atoms with Crippen molar-refractivity contribution in [2.24, 2.45) is 5.10 Å². The first-order valence-corrected chi connectivity index (χ1v) is 9.93. The molecule has 7 nitrogen and oxygen atoms in total. The lowest BCUT2D eigenvalue weighted by Crippen LogP contribution is -2.30. The van der Waals surface area contributed by atoms with Crippen LogP contribution in [-0.2, 0) is 4.79 Å². The lowest BCUT2D eigenvalue weighted by Gasteiger charge is -2.07. The summed E-state index contributed by atoms with van der Waals surface area (Å²) in [5.74, 6) is -0.00205. The number of hydrazone groups is 1. The van der Waals surface area contributed by atoms with E-state index in [0.717, 1.165) is 17.3 Å². The standard InChI is InChI=1S/C22H17N3O4S/c26-20(27)16-8-4-7-15(11-16)19-10-9-17(29-19)12-18-21(28)30-22(24-18)25-23-13-14-5-2-1-3-6-14/h1-13,22,24-25H,(H,26,27)/b18-12-,23-13?/t22-/m1/s1. The van der Waals surface area contributed by atoms with E-state index in [-0.39, 0.29) is 16.2 Å². The summed E-state index contributed by atoms with van der Waals surface area (Å²) in [6, 6.07) is 19.6. The van der Waals surface area contributed by atoms with Gasteiger partial charge in [0.25, 0.3) is 0 Å². The van der Waals surface area contributed by atoms with E-state index in [9.17, 15) is 9.59 Å². The summed E-state index contributed by atoms with van der Waals surface area (Å²) in [7, 11) is 0. The molecule has 2 aromatic carbocycles. The zero-order valence-electron chi connectivity index (χ0n) is 15.6. The van der Waals surface area contributed by atoms with Gasteiger partial charge in [-0.25, -0.2) is 4.79 Å². The Balaban J connectivity index is 1.43. The average Bonchev–Trinajstić information content (AvgIpc) is 3.36. The number of aromatic carboxylic acids is 1. The number of nitrogens with zero attached hydrogens (tertiary/aromatic N) is 1. The molecule has 0 radical (unpaired) electrons. The van der Waals surface area contributed by atoms with E-state index in [1.807, 2.05) is 30.3 Å². The third-order valence-corrected chi connectivity index (χ3v) is 5.14. The Hall–Kier alpha value is -3.78. The van der Waals surface area contributed by atoms with Crippen LogP contribution >= 0.6 is 11.8 Å². The van der Waals surface area contributed by atoms with Crippen LogP contribution in [-0.4, -0.2) is 27.9 Å². The second-order valence-electron chi connectivity index (χ2n) is 6.37. The van der Waals surface area contributed by atoms with Gasteiger partial charge >= 0.3 is 5.97 Å². The summed E-state index contributed by atoms with van der Waals surface area (Å²) in [5, 5.41) is 16.2. The lowest BCUT2D eigenvalue weighted by atomic mass is 10.1. The van der Waals surface area contributed by atoms with E-state index in [1.165, 1.54) is 12.1 Å². The molecule has 1 atom stereocenters. The molecule has 1 aliphatic heterocycles. The fourth-order valence-corrected chi connectivity index (χ4v) is 3.57. The van der Waals surface area contributed by atoms with Gasteiger partial charge in [-0.3, -0.25) is 10.2 Å². The summed E-state index contributed by atoms with van der Waals surface area (Å²) in [4.78, 5) is 23.4. The molecule has 1 saturated heterocycles. The van der Waals surface area contributed by atoms with Crippen molar-refractivity contribution in [2.45, 2.75) is 5.50 Å². The maximum atomic E-state index is 12.3. The SMILES string of the molecule is O=C1S[C@@H](NN=Cc2ccccc2)N/C1=C\c1ccc(-c2cccc(C(=O)O)c2)o1. The summed E-state index contributed by atoms with van der Waals surface area (Å²) >= 11 is 1.09. The van der Waals surface area contributed by atoms with Crippen molar-refractivity contribution in [1.82, 2.24) is 10.7 Å². The Labute approximate surface area is 176 Å². The van der Waals surface area contributed by atoms with Crippen LogP contribution in [0.15, 0.2) is 81.9 Å². The van der Waals surface area contributed by atoms with Crippen LogP contribution in [0.1, 0.15) is 21.7 Å². The van der Waals surface area contributed by atoms with Gasteiger partial charge in [0.1, 0.15) is 11.5 Å². The predicted octanol–water partition coefficient (Wildman–Crippen LogP) is 3.76. The maximum absolute atomic E-state index is 12.3. The quantitative estimate of drug-likeness (QED) is 0.317. The third kappa shape index (κ3) is 4.61. The van der Waals surface area contributed by atoms with E-state index in [0.29, 0.717) is 22.8 Å². The van der Waals surface area contributed by atoms with E-state index < -0.39 is 5.97 Å². The summed E-state index contributed by atoms with van der Waals surface area (Å²) in [6.07, 6.45) is 3.29. The normalized spacial score (nSPS) is 17.4. The topological polar surface area (TPSA) is 104 Å². The number of thioether (sulfide) groups is 1. The van der Waals surface area contributed by atoms with Crippen molar-refractivity contribution in [3.8, 4) is 11.3 Å². The van der Waals surface area contributed by atoms with Crippen LogP contribution in [0.25, 0.3) is 17.4 Å². The van der Waals surface area contributed by atoms with Crippen LogP contribution in [0.3, 0.4) is 0 Å². The van der Waals surface area contributed by atoms with Crippen molar-refractivity contribution < 1.29 is 19.1 Å². The number of carboxylic acids is 1. The number of benzene rings is 2. The number of furan rings is 1. The minimum absolute atomic E-state index is 0.131. The highest BCUT2D eigenvalue weighted by atomic mass is 32.2. The van der Waals surface area contributed by atoms with E-state index in [2.05, 4.69) is 15.8 Å². The largest absolute Gasteiger partial charge is 0.478 e. The molecule has 0 amide bonds. The minimum Gasteiger partial charge on any atom is -0.478 e. The zero-order chi connectivity index (χ0) is 20.9. The van der Waals surface area contributed by atoms with Gasteiger partial charge in [0.15, 0.2) is 5.50 Å². The van der Waals surface area contributed by atoms with Gasteiger partial charge in [0.05, 0.1) is 17.5 Å². The molecule has 1 aliphatic rings. The summed E-state index contributed by atoms with van der Waals surface area (Å²) in [5.41, 5.74) is 4.68. The first kappa shape index (κ1) is 19.5. The van der Waals surface area contributed by atoms with Crippen molar-refractivity contribution in [1.29, 1.82) is 0 Å². The molecule has 30 heavy (non-hydrogen) atoms. The highest BCUT2D eigenvalue weighted by molar-refractivity contribution is 8.15. The molecule has 0 spiro atoms. The Morgan fingerprint density at radius 2 is 1.97 bits per heavy atom. The molecule has 1 aromatic heterocycles. The van der Waals surface area contributed by atoms with Crippen LogP contribution in [0, 0.1) is 0 Å². The first-order chi connectivity index (χ1) is 14.6. The van der Waals surface area contributed by atoms with Gasteiger partial charge in [-0.15, -0.1) is 0 Å². The van der Waals surface area contributed by atoms with E-state index >= 15 is 0 Å². The van der Waals surface area contributed by atoms with Crippen LogP contribution in [0.4, 0.5) is 0 Å². The molecule has 0 unspecified atom stereocenters. The third-order valence-electron chi connectivity index (χ3n) is 4.24. The lowest BCUT2D eigenvalue weighted by molar-refractivity contribution is -0.107. The molecule has 4 rings (SSSR count). The Kier molecular flexibility index (Phi) is 5.67. The number of carbonyl (C=O) groups is 2. The first-order valence-electron chi connectivity index (χ1n) is 9.05. The van der Waals surface area contributed by atoms with Gasteiger partial charge < -0.3 is 14.8 Å².